The minimum absolute atomic E-state index is 0.0132. The molecular formula is C19H23N3O2. The molecule has 0 aromatic heterocycles. The second kappa shape index (κ2) is 7.47. The molecule has 5 nitrogen and oxygen atoms in total. The first-order chi connectivity index (χ1) is 11.7. The van der Waals surface area contributed by atoms with Gasteiger partial charge in [-0.25, -0.2) is 5.43 Å². The number of rotatable bonds is 5. The van der Waals surface area contributed by atoms with Crippen molar-refractivity contribution < 1.29 is 9.53 Å². The third kappa shape index (κ3) is 3.75. The second-order valence-corrected chi connectivity index (χ2v) is 6.09. The smallest absolute Gasteiger partial charge is 0.226 e. The Morgan fingerprint density at radius 2 is 2.04 bits per heavy atom. The van der Waals surface area contributed by atoms with Crippen LogP contribution in [0.15, 0.2) is 48.5 Å². The van der Waals surface area contributed by atoms with Gasteiger partial charge < -0.3 is 10.1 Å². The number of amides is 1. The fourth-order valence-electron chi connectivity index (χ4n) is 2.98. The molecule has 0 aliphatic carbocycles. The Morgan fingerprint density at radius 1 is 1.25 bits per heavy atom. The summed E-state index contributed by atoms with van der Waals surface area (Å²) in [6, 6.07) is 16.0. The molecule has 0 radical (unpaired) electrons. The van der Waals surface area contributed by atoms with Gasteiger partial charge in [0.15, 0.2) is 0 Å². The molecule has 2 atom stereocenters. The first-order valence-corrected chi connectivity index (χ1v) is 8.13. The van der Waals surface area contributed by atoms with E-state index in [4.69, 9.17) is 4.74 Å². The van der Waals surface area contributed by atoms with E-state index in [0.717, 1.165) is 16.9 Å². The summed E-state index contributed by atoms with van der Waals surface area (Å²) in [4.78, 5) is 12.6. The predicted molar refractivity (Wildman–Crippen MR) is 93.4 cm³/mol. The quantitative estimate of drug-likeness (QED) is 0.788. The van der Waals surface area contributed by atoms with Gasteiger partial charge in [0.2, 0.25) is 5.91 Å². The van der Waals surface area contributed by atoms with Gasteiger partial charge in [-0.15, -0.1) is 0 Å². The molecule has 0 saturated carbocycles. The summed E-state index contributed by atoms with van der Waals surface area (Å²) in [6.45, 7) is 3.19. The number of carbonyl (C=O) groups is 1. The van der Waals surface area contributed by atoms with E-state index in [9.17, 15) is 4.79 Å². The Labute approximate surface area is 142 Å². The van der Waals surface area contributed by atoms with E-state index in [1.54, 1.807) is 7.11 Å². The van der Waals surface area contributed by atoms with Crippen LogP contribution in [0.4, 0.5) is 0 Å². The van der Waals surface area contributed by atoms with Gasteiger partial charge in [-0.1, -0.05) is 42.0 Å². The molecule has 1 heterocycles. The van der Waals surface area contributed by atoms with Gasteiger partial charge in [0, 0.05) is 13.1 Å². The van der Waals surface area contributed by atoms with Crippen LogP contribution in [0, 0.1) is 12.8 Å². The molecule has 0 spiro atoms. The standard InChI is InChI=1S/C19H23N3O2/c1-13-4-3-5-15(10-13)18-17(12-21-22-18)19(23)20-11-14-6-8-16(24-2)9-7-14/h3-10,17-18,21-22H,11-12H2,1-2H3,(H,20,23). The van der Waals surface area contributed by atoms with Crippen LogP contribution in [0.3, 0.4) is 0 Å². The van der Waals surface area contributed by atoms with Crippen molar-refractivity contribution in [1.82, 2.24) is 16.2 Å². The van der Waals surface area contributed by atoms with Gasteiger partial charge in [0.1, 0.15) is 5.75 Å². The molecule has 1 aliphatic rings. The molecule has 1 saturated heterocycles. The normalized spacial score (nSPS) is 19.9. The summed E-state index contributed by atoms with van der Waals surface area (Å²) in [6.07, 6.45) is 0. The van der Waals surface area contributed by atoms with E-state index in [2.05, 4.69) is 41.3 Å². The van der Waals surface area contributed by atoms with Gasteiger partial charge in [-0.3, -0.25) is 10.2 Å². The third-order valence-electron chi connectivity index (χ3n) is 4.35. The zero-order chi connectivity index (χ0) is 16.9. The highest BCUT2D eigenvalue weighted by Crippen LogP contribution is 2.25. The van der Waals surface area contributed by atoms with Crippen molar-refractivity contribution in [3.8, 4) is 5.75 Å². The van der Waals surface area contributed by atoms with Crippen molar-refractivity contribution in [3.63, 3.8) is 0 Å². The predicted octanol–water partition coefficient (Wildman–Crippen LogP) is 2.09. The average Bonchev–Trinajstić information content (AvgIpc) is 3.10. The molecule has 2 aromatic rings. The molecule has 2 aromatic carbocycles. The van der Waals surface area contributed by atoms with Crippen LogP contribution in [-0.4, -0.2) is 19.6 Å². The number of nitrogens with one attached hydrogen (secondary N) is 3. The van der Waals surface area contributed by atoms with Gasteiger partial charge in [-0.2, -0.15) is 0 Å². The number of hydrogen-bond acceptors (Lipinski definition) is 4. The summed E-state index contributed by atoms with van der Waals surface area (Å²) in [5.41, 5.74) is 9.70. The maximum absolute atomic E-state index is 12.6. The SMILES string of the molecule is COc1ccc(CNC(=O)C2CNNC2c2cccc(C)c2)cc1. The first-order valence-electron chi connectivity index (χ1n) is 8.13. The minimum atomic E-state index is -0.134. The average molecular weight is 325 g/mol. The Kier molecular flexibility index (Phi) is 5.13. The lowest BCUT2D eigenvalue weighted by molar-refractivity contribution is -0.125. The molecule has 0 bridgehead atoms. The molecular weight excluding hydrogens is 302 g/mol. The molecule has 3 N–H and O–H groups in total. The Hall–Kier alpha value is -2.37. The second-order valence-electron chi connectivity index (χ2n) is 6.09. The van der Waals surface area contributed by atoms with E-state index in [1.165, 1.54) is 5.56 Å². The Morgan fingerprint density at radius 3 is 2.75 bits per heavy atom. The largest absolute Gasteiger partial charge is 0.497 e. The van der Waals surface area contributed by atoms with Crippen LogP contribution >= 0.6 is 0 Å². The molecule has 1 fully saturated rings. The van der Waals surface area contributed by atoms with Crippen LogP contribution in [0.2, 0.25) is 0 Å². The van der Waals surface area contributed by atoms with Crippen molar-refractivity contribution in [2.75, 3.05) is 13.7 Å². The topological polar surface area (TPSA) is 62.4 Å². The molecule has 5 heteroatoms. The maximum atomic E-state index is 12.6. The summed E-state index contributed by atoms with van der Waals surface area (Å²) in [5.74, 6) is 0.730. The van der Waals surface area contributed by atoms with Crippen LogP contribution < -0.4 is 20.9 Å². The van der Waals surface area contributed by atoms with Crippen molar-refractivity contribution in [3.05, 3.63) is 65.2 Å². The van der Waals surface area contributed by atoms with Gasteiger partial charge in [0.25, 0.3) is 0 Å². The fraction of sp³-hybridized carbons (Fsp3) is 0.316. The van der Waals surface area contributed by atoms with Crippen LogP contribution in [-0.2, 0) is 11.3 Å². The number of carbonyl (C=O) groups excluding carboxylic acids is 1. The number of ether oxygens (including phenoxy) is 1. The van der Waals surface area contributed by atoms with Gasteiger partial charge >= 0.3 is 0 Å². The monoisotopic (exact) mass is 325 g/mol. The minimum Gasteiger partial charge on any atom is -0.497 e. The van der Waals surface area contributed by atoms with Gasteiger partial charge in [-0.05, 0) is 30.2 Å². The van der Waals surface area contributed by atoms with E-state index in [0.29, 0.717) is 13.1 Å². The highest BCUT2D eigenvalue weighted by molar-refractivity contribution is 5.80. The molecule has 1 amide bonds. The van der Waals surface area contributed by atoms with E-state index < -0.39 is 0 Å². The third-order valence-corrected chi connectivity index (χ3v) is 4.35. The number of hydrazine groups is 1. The number of aryl methyl sites for hydroxylation is 1. The highest BCUT2D eigenvalue weighted by Gasteiger charge is 2.33. The van der Waals surface area contributed by atoms with Crippen molar-refractivity contribution in [2.45, 2.75) is 19.5 Å². The van der Waals surface area contributed by atoms with Crippen LogP contribution in [0.5, 0.6) is 5.75 Å². The van der Waals surface area contributed by atoms with Crippen molar-refractivity contribution in [2.24, 2.45) is 5.92 Å². The Balaban J connectivity index is 1.63. The number of hydrogen-bond donors (Lipinski definition) is 3. The lowest BCUT2D eigenvalue weighted by atomic mass is 9.93. The highest BCUT2D eigenvalue weighted by atomic mass is 16.5. The van der Waals surface area contributed by atoms with Gasteiger partial charge in [0.05, 0.1) is 19.1 Å². The zero-order valence-corrected chi connectivity index (χ0v) is 14.0. The Bertz CT molecular complexity index is 700. The lowest BCUT2D eigenvalue weighted by Gasteiger charge is -2.19. The summed E-state index contributed by atoms with van der Waals surface area (Å²) < 4.78 is 5.14. The number of benzene rings is 2. The zero-order valence-electron chi connectivity index (χ0n) is 14.0. The van der Waals surface area contributed by atoms with E-state index >= 15 is 0 Å². The maximum Gasteiger partial charge on any atom is 0.226 e. The lowest BCUT2D eigenvalue weighted by Crippen LogP contribution is -2.34. The molecule has 24 heavy (non-hydrogen) atoms. The molecule has 1 aliphatic heterocycles. The van der Waals surface area contributed by atoms with E-state index in [-0.39, 0.29) is 17.9 Å². The van der Waals surface area contributed by atoms with Crippen molar-refractivity contribution in [1.29, 1.82) is 0 Å². The molecule has 3 rings (SSSR count). The molecule has 2 unspecified atom stereocenters. The van der Waals surface area contributed by atoms with Crippen LogP contribution in [0.25, 0.3) is 0 Å². The summed E-state index contributed by atoms with van der Waals surface area (Å²) >= 11 is 0. The summed E-state index contributed by atoms with van der Waals surface area (Å²) in [5, 5.41) is 3.03. The molecule has 126 valence electrons. The number of methoxy groups -OCH3 is 1. The summed E-state index contributed by atoms with van der Waals surface area (Å²) in [7, 11) is 1.64. The van der Waals surface area contributed by atoms with Crippen molar-refractivity contribution >= 4 is 5.91 Å². The first kappa shape index (κ1) is 16.5. The van der Waals surface area contributed by atoms with Crippen LogP contribution in [0.1, 0.15) is 22.7 Å². The van der Waals surface area contributed by atoms with E-state index in [1.807, 2.05) is 30.3 Å². The fourth-order valence-corrected chi connectivity index (χ4v) is 2.98.